The van der Waals surface area contributed by atoms with Crippen LogP contribution in [0.4, 0.5) is 0 Å². The molecule has 0 amide bonds. The van der Waals surface area contributed by atoms with Gasteiger partial charge in [-0.25, -0.2) is 4.79 Å². The lowest BCUT2D eigenvalue weighted by atomic mass is 9.85. The third-order valence-corrected chi connectivity index (χ3v) is 4.64. The molecule has 2 aromatic carbocycles. The molecule has 2 rings (SSSR count). The molecule has 0 saturated heterocycles. The lowest BCUT2D eigenvalue weighted by Crippen LogP contribution is -2.44. The fraction of sp³-hybridized carbons (Fsp3) is 0.407. The van der Waals surface area contributed by atoms with E-state index in [0.717, 1.165) is 16.8 Å². The fourth-order valence-electron chi connectivity index (χ4n) is 3.45. The minimum atomic E-state index is -0.991. The molecule has 0 fully saturated rings. The van der Waals surface area contributed by atoms with Gasteiger partial charge in [-0.1, -0.05) is 86.7 Å². The summed E-state index contributed by atoms with van der Waals surface area (Å²) >= 11 is 0. The molecule has 0 spiro atoms. The molecule has 1 atom stereocenters. The van der Waals surface area contributed by atoms with Crippen LogP contribution in [-0.2, 0) is 9.53 Å². The quantitative estimate of drug-likeness (QED) is 0.281. The molecule has 0 N–H and O–H groups in total. The highest BCUT2D eigenvalue weighted by Gasteiger charge is 2.41. The maximum atomic E-state index is 13.6. The average Bonchev–Trinajstić information content (AvgIpc) is 2.69. The first kappa shape index (κ1) is 23.6. The average molecular weight is 406 g/mol. The summed E-state index contributed by atoms with van der Waals surface area (Å²) in [6.45, 7) is 11.9. The first-order valence-electron chi connectivity index (χ1n) is 10.7. The Balaban J connectivity index is 2.73. The van der Waals surface area contributed by atoms with E-state index in [1.54, 1.807) is 0 Å². The van der Waals surface area contributed by atoms with Crippen LogP contribution < -0.4 is 0 Å². The van der Waals surface area contributed by atoms with E-state index < -0.39 is 11.1 Å². The molecule has 0 radical (unpaired) electrons. The molecule has 3 heteroatoms. The Bertz CT molecular complexity index is 819. The Morgan fingerprint density at radius 1 is 0.967 bits per heavy atom. The van der Waals surface area contributed by atoms with E-state index in [1.807, 2.05) is 101 Å². The molecule has 1 unspecified atom stereocenters. The highest BCUT2D eigenvalue weighted by Crippen LogP contribution is 2.32. The molecule has 0 aromatic heterocycles. The smallest absolute Gasteiger partial charge is 0.334 e. The number of aliphatic imine (C=N–C) groups is 1. The van der Waals surface area contributed by atoms with E-state index in [9.17, 15) is 4.79 Å². The summed E-state index contributed by atoms with van der Waals surface area (Å²) < 4.78 is 5.89. The van der Waals surface area contributed by atoms with Crippen LogP contribution in [0.1, 0.15) is 65.5 Å². The fourth-order valence-corrected chi connectivity index (χ4v) is 3.45. The van der Waals surface area contributed by atoms with Crippen LogP contribution in [0.2, 0.25) is 0 Å². The lowest BCUT2D eigenvalue weighted by molar-refractivity contribution is -0.162. The zero-order valence-corrected chi connectivity index (χ0v) is 19.2. The second-order valence-corrected chi connectivity index (χ2v) is 9.10. The van der Waals surface area contributed by atoms with Gasteiger partial charge in [0.15, 0.2) is 5.54 Å². The number of rotatable bonds is 8. The first-order valence-corrected chi connectivity index (χ1v) is 10.7. The molecule has 0 aliphatic heterocycles. The van der Waals surface area contributed by atoms with Crippen molar-refractivity contribution in [2.75, 3.05) is 0 Å². The van der Waals surface area contributed by atoms with Crippen LogP contribution in [0.25, 0.3) is 0 Å². The Morgan fingerprint density at radius 2 is 1.47 bits per heavy atom. The minimum Gasteiger partial charge on any atom is -0.458 e. The van der Waals surface area contributed by atoms with E-state index in [-0.39, 0.29) is 11.9 Å². The Labute approximate surface area is 181 Å². The van der Waals surface area contributed by atoms with Crippen molar-refractivity contribution < 1.29 is 9.53 Å². The standard InChI is InChI=1S/C27H35NO2/c1-7-8-19-27(20-21(2)3,25(29)30-26(4,5)6)28-24(22-15-11-9-12-16-22)23-17-13-10-14-18-23/h7-18,21H,19-20H2,1-6H3/b8-7+. The van der Waals surface area contributed by atoms with E-state index in [1.165, 1.54) is 0 Å². The van der Waals surface area contributed by atoms with Gasteiger partial charge in [-0.2, -0.15) is 0 Å². The summed E-state index contributed by atoms with van der Waals surface area (Å²) in [4.78, 5) is 18.8. The first-order chi connectivity index (χ1) is 14.2. The number of hydrogen-bond donors (Lipinski definition) is 0. The SMILES string of the molecule is C/C=C/CC(CC(C)C)(N=C(c1ccccc1)c1ccccc1)C(=O)OC(C)(C)C. The van der Waals surface area contributed by atoms with Gasteiger partial charge in [-0.05, 0) is 40.0 Å². The molecule has 30 heavy (non-hydrogen) atoms. The Morgan fingerprint density at radius 3 is 1.87 bits per heavy atom. The van der Waals surface area contributed by atoms with Crippen LogP contribution in [0.3, 0.4) is 0 Å². The second kappa shape index (κ2) is 10.4. The monoisotopic (exact) mass is 405 g/mol. The van der Waals surface area contributed by atoms with Gasteiger partial charge in [0.05, 0.1) is 5.71 Å². The van der Waals surface area contributed by atoms with Crippen molar-refractivity contribution in [1.82, 2.24) is 0 Å². The number of benzene rings is 2. The zero-order chi connectivity index (χ0) is 22.2. The molecular formula is C27H35NO2. The van der Waals surface area contributed by atoms with Gasteiger partial charge < -0.3 is 4.74 Å². The van der Waals surface area contributed by atoms with Gasteiger partial charge in [0.2, 0.25) is 0 Å². The number of allylic oxidation sites excluding steroid dienone is 1. The maximum absolute atomic E-state index is 13.6. The molecule has 160 valence electrons. The Kier molecular flexibility index (Phi) is 8.16. The predicted octanol–water partition coefficient (Wildman–Crippen LogP) is 6.62. The maximum Gasteiger partial charge on any atom is 0.334 e. The van der Waals surface area contributed by atoms with Gasteiger partial charge in [-0.15, -0.1) is 0 Å². The summed E-state index contributed by atoms with van der Waals surface area (Å²) in [7, 11) is 0. The summed E-state index contributed by atoms with van der Waals surface area (Å²) in [5.74, 6) is 0.00508. The molecule has 3 nitrogen and oxygen atoms in total. The van der Waals surface area contributed by atoms with E-state index in [4.69, 9.17) is 9.73 Å². The highest BCUT2D eigenvalue weighted by molar-refractivity contribution is 6.13. The number of carbonyl (C=O) groups is 1. The van der Waals surface area contributed by atoms with Crippen LogP contribution in [-0.4, -0.2) is 22.8 Å². The number of hydrogen-bond acceptors (Lipinski definition) is 3. The van der Waals surface area contributed by atoms with Gasteiger partial charge in [-0.3, -0.25) is 4.99 Å². The predicted molar refractivity (Wildman–Crippen MR) is 126 cm³/mol. The van der Waals surface area contributed by atoms with Gasteiger partial charge in [0.25, 0.3) is 0 Å². The van der Waals surface area contributed by atoms with Crippen molar-refractivity contribution in [2.24, 2.45) is 10.9 Å². The Hall–Kier alpha value is -2.68. The molecule has 0 bridgehead atoms. The summed E-state index contributed by atoms with van der Waals surface area (Å²) in [5, 5.41) is 0. The van der Waals surface area contributed by atoms with E-state index >= 15 is 0 Å². The zero-order valence-electron chi connectivity index (χ0n) is 19.2. The third kappa shape index (κ3) is 6.69. The topological polar surface area (TPSA) is 38.7 Å². The lowest BCUT2D eigenvalue weighted by Gasteiger charge is -2.33. The number of carbonyl (C=O) groups excluding carboxylic acids is 1. The minimum absolute atomic E-state index is 0.272. The van der Waals surface area contributed by atoms with Crippen molar-refractivity contribution in [1.29, 1.82) is 0 Å². The van der Waals surface area contributed by atoms with Gasteiger partial charge in [0.1, 0.15) is 5.60 Å². The van der Waals surface area contributed by atoms with Crippen LogP contribution >= 0.6 is 0 Å². The third-order valence-electron chi connectivity index (χ3n) is 4.64. The summed E-state index contributed by atoms with van der Waals surface area (Å²) in [6.07, 6.45) is 5.10. The summed E-state index contributed by atoms with van der Waals surface area (Å²) in [5.41, 5.74) is 1.22. The van der Waals surface area contributed by atoms with Crippen molar-refractivity contribution in [3.05, 3.63) is 83.9 Å². The van der Waals surface area contributed by atoms with Crippen molar-refractivity contribution >= 4 is 11.7 Å². The second-order valence-electron chi connectivity index (χ2n) is 9.10. The molecule has 0 saturated carbocycles. The molecule has 0 heterocycles. The van der Waals surface area contributed by atoms with Crippen molar-refractivity contribution in [2.45, 2.75) is 65.5 Å². The van der Waals surface area contributed by atoms with Gasteiger partial charge >= 0.3 is 5.97 Å². The van der Waals surface area contributed by atoms with Crippen molar-refractivity contribution in [3.8, 4) is 0 Å². The molecule has 2 aromatic rings. The largest absolute Gasteiger partial charge is 0.458 e. The molecular weight excluding hydrogens is 370 g/mol. The van der Waals surface area contributed by atoms with Crippen LogP contribution in [0, 0.1) is 5.92 Å². The summed E-state index contributed by atoms with van der Waals surface area (Å²) in [6, 6.07) is 20.1. The molecule has 0 aliphatic rings. The molecule has 0 aliphatic carbocycles. The normalized spacial score (nSPS) is 13.8. The number of nitrogens with zero attached hydrogens (tertiary/aromatic N) is 1. The van der Waals surface area contributed by atoms with Crippen molar-refractivity contribution in [3.63, 3.8) is 0 Å². The van der Waals surface area contributed by atoms with E-state index in [2.05, 4.69) is 13.8 Å². The highest BCUT2D eigenvalue weighted by atomic mass is 16.6. The number of ether oxygens (including phenoxy) is 1. The van der Waals surface area contributed by atoms with Gasteiger partial charge in [0, 0.05) is 17.5 Å². The van der Waals surface area contributed by atoms with Crippen LogP contribution in [0.15, 0.2) is 77.8 Å². The van der Waals surface area contributed by atoms with E-state index in [0.29, 0.717) is 12.8 Å². The number of esters is 1. The van der Waals surface area contributed by atoms with Crippen LogP contribution in [0.5, 0.6) is 0 Å².